The highest BCUT2D eigenvalue weighted by molar-refractivity contribution is 7.12. The summed E-state index contributed by atoms with van der Waals surface area (Å²) in [6, 6.07) is 9.27. The third-order valence-electron chi connectivity index (χ3n) is 2.68. The van der Waals surface area contributed by atoms with Crippen molar-refractivity contribution in [2.45, 2.75) is 13.8 Å². The van der Waals surface area contributed by atoms with E-state index in [1.54, 1.807) is 6.07 Å². The van der Waals surface area contributed by atoms with Gasteiger partial charge in [-0.15, -0.1) is 11.3 Å². The van der Waals surface area contributed by atoms with Gasteiger partial charge < -0.3 is 10.1 Å². The van der Waals surface area contributed by atoms with Gasteiger partial charge in [0, 0.05) is 5.69 Å². The maximum Gasteiger partial charge on any atom is 0.349 e. The number of ether oxygens (including phenoxy) is 1. The van der Waals surface area contributed by atoms with Crippen LogP contribution in [0.25, 0.3) is 0 Å². The van der Waals surface area contributed by atoms with Gasteiger partial charge in [0.15, 0.2) is 6.61 Å². The van der Waals surface area contributed by atoms with Gasteiger partial charge >= 0.3 is 5.97 Å². The average molecular weight is 289 g/mol. The van der Waals surface area contributed by atoms with Crippen molar-refractivity contribution in [3.63, 3.8) is 0 Å². The van der Waals surface area contributed by atoms with E-state index in [2.05, 4.69) is 5.32 Å². The van der Waals surface area contributed by atoms with E-state index in [0.717, 1.165) is 11.1 Å². The Morgan fingerprint density at radius 2 is 2.05 bits per heavy atom. The van der Waals surface area contributed by atoms with Crippen LogP contribution < -0.4 is 5.32 Å². The Morgan fingerprint density at radius 1 is 1.25 bits per heavy atom. The van der Waals surface area contributed by atoms with Gasteiger partial charge in [0.25, 0.3) is 5.91 Å². The van der Waals surface area contributed by atoms with Crippen molar-refractivity contribution >= 4 is 28.9 Å². The van der Waals surface area contributed by atoms with E-state index in [-0.39, 0.29) is 12.5 Å². The Bertz CT molecular complexity index is 634. The van der Waals surface area contributed by atoms with E-state index < -0.39 is 5.97 Å². The van der Waals surface area contributed by atoms with Crippen LogP contribution in [0.5, 0.6) is 0 Å². The maximum absolute atomic E-state index is 11.7. The minimum Gasteiger partial charge on any atom is -0.451 e. The van der Waals surface area contributed by atoms with Gasteiger partial charge in [0.05, 0.1) is 0 Å². The van der Waals surface area contributed by atoms with E-state index in [9.17, 15) is 9.59 Å². The van der Waals surface area contributed by atoms with Crippen molar-refractivity contribution in [1.29, 1.82) is 0 Å². The summed E-state index contributed by atoms with van der Waals surface area (Å²) in [4.78, 5) is 24.0. The molecule has 0 unspecified atom stereocenters. The molecule has 0 saturated heterocycles. The summed E-state index contributed by atoms with van der Waals surface area (Å²) in [6.07, 6.45) is 0. The lowest BCUT2D eigenvalue weighted by molar-refractivity contribution is -0.119. The van der Waals surface area contributed by atoms with Crippen molar-refractivity contribution < 1.29 is 14.3 Å². The van der Waals surface area contributed by atoms with Gasteiger partial charge in [-0.3, -0.25) is 4.79 Å². The lowest BCUT2D eigenvalue weighted by Crippen LogP contribution is -2.20. The molecule has 0 radical (unpaired) electrons. The fourth-order valence-corrected chi connectivity index (χ4v) is 2.52. The Morgan fingerprint density at radius 3 is 2.70 bits per heavy atom. The molecule has 0 bridgehead atoms. The minimum atomic E-state index is -0.461. The first-order valence-corrected chi connectivity index (χ1v) is 7.02. The molecule has 0 aliphatic rings. The van der Waals surface area contributed by atoms with Gasteiger partial charge in [0.1, 0.15) is 4.88 Å². The predicted octanol–water partition coefficient (Wildman–Crippen LogP) is 3.16. The van der Waals surface area contributed by atoms with E-state index in [1.807, 2.05) is 43.5 Å². The summed E-state index contributed by atoms with van der Waals surface area (Å²) in [6.45, 7) is 3.49. The number of anilines is 1. The molecule has 0 atom stereocenters. The third-order valence-corrected chi connectivity index (χ3v) is 3.68. The molecule has 0 aliphatic heterocycles. The number of nitrogens with one attached hydrogen (secondary N) is 1. The van der Waals surface area contributed by atoms with Gasteiger partial charge in [-0.05, 0) is 48.6 Å². The number of hydrogen-bond donors (Lipinski definition) is 1. The SMILES string of the molecule is Cc1cccc(NC(=O)COC(=O)c2sccc2C)c1. The normalized spacial score (nSPS) is 10.1. The fourth-order valence-electron chi connectivity index (χ4n) is 1.70. The lowest BCUT2D eigenvalue weighted by Gasteiger charge is -2.07. The summed E-state index contributed by atoms with van der Waals surface area (Å²) in [5.74, 6) is -0.810. The van der Waals surface area contributed by atoms with Crippen molar-refractivity contribution in [3.8, 4) is 0 Å². The van der Waals surface area contributed by atoms with Crippen molar-refractivity contribution in [1.82, 2.24) is 0 Å². The van der Waals surface area contributed by atoms with Crippen LogP contribution in [0.1, 0.15) is 20.8 Å². The van der Waals surface area contributed by atoms with Crippen molar-refractivity contribution in [3.05, 3.63) is 51.7 Å². The van der Waals surface area contributed by atoms with Crippen LogP contribution in [0, 0.1) is 13.8 Å². The van der Waals surface area contributed by atoms with Crippen LogP contribution in [-0.2, 0) is 9.53 Å². The number of hydrogen-bond acceptors (Lipinski definition) is 4. The molecule has 104 valence electrons. The smallest absolute Gasteiger partial charge is 0.349 e. The molecule has 0 aliphatic carbocycles. The monoisotopic (exact) mass is 289 g/mol. The second-order valence-electron chi connectivity index (χ2n) is 4.43. The number of benzene rings is 1. The van der Waals surface area contributed by atoms with E-state index in [1.165, 1.54) is 11.3 Å². The molecule has 4 nitrogen and oxygen atoms in total. The van der Waals surface area contributed by atoms with Crippen LogP contribution in [0.3, 0.4) is 0 Å². The zero-order valence-electron chi connectivity index (χ0n) is 11.3. The van der Waals surface area contributed by atoms with Crippen LogP contribution in [0.15, 0.2) is 35.7 Å². The number of carbonyl (C=O) groups is 2. The van der Waals surface area contributed by atoms with Gasteiger partial charge in [-0.25, -0.2) is 4.79 Å². The fraction of sp³-hybridized carbons (Fsp3) is 0.200. The Balaban J connectivity index is 1.87. The molecule has 5 heteroatoms. The van der Waals surface area contributed by atoms with Gasteiger partial charge in [0.2, 0.25) is 0 Å². The van der Waals surface area contributed by atoms with Crippen LogP contribution in [0.4, 0.5) is 5.69 Å². The second-order valence-corrected chi connectivity index (χ2v) is 5.34. The molecule has 1 amide bonds. The quantitative estimate of drug-likeness (QED) is 0.880. The number of amides is 1. The molecule has 1 aromatic heterocycles. The zero-order valence-corrected chi connectivity index (χ0v) is 12.1. The highest BCUT2D eigenvalue weighted by Crippen LogP contribution is 2.16. The molecular weight excluding hydrogens is 274 g/mol. The van der Waals surface area contributed by atoms with E-state index in [0.29, 0.717) is 10.6 Å². The number of thiophene rings is 1. The van der Waals surface area contributed by atoms with Crippen LogP contribution >= 0.6 is 11.3 Å². The lowest BCUT2D eigenvalue weighted by atomic mass is 10.2. The third kappa shape index (κ3) is 3.68. The summed E-state index contributed by atoms with van der Waals surface area (Å²) in [5.41, 5.74) is 2.60. The standard InChI is InChI=1S/C15H15NO3S/c1-10-4-3-5-12(8-10)16-13(17)9-19-15(18)14-11(2)6-7-20-14/h3-8H,9H2,1-2H3,(H,16,17). The maximum atomic E-state index is 11.7. The summed E-state index contributed by atoms with van der Waals surface area (Å²) in [5, 5.41) is 4.50. The molecule has 20 heavy (non-hydrogen) atoms. The topological polar surface area (TPSA) is 55.4 Å². The first-order chi connectivity index (χ1) is 9.56. The van der Waals surface area contributed by atoms with Crippen LogP contribution in [0.2, 0.25) is 0 Å². The molecule has 2 aromatic rings. The molecule has 1 aromatic carbocycles. The average Bonchev–Trinajstić information content (AvgIpc) is 2.82. The molecule has 1 heterocycles. The predicted molar refractivity (Wildman–Crippen MR) is 79.1 cm³/mol. The Labute approximate surface area is 121 Å². The van der Waals surface area contributed by atoms with Crippen LogP contribution in [-0.4, -0.2) is 18.5 Å². The van der Waals surface area contributed by atoms with Gasteiger partial charge in [-0.2, -0.15) is 0 Å². The molecule has 2 rings (SSSR count). The van der Waals surface area contributed by atoms with Crippen molar-refractivity contribution in [2.75, 3.05) is 11.9 Å². The molecule has 0 saturated carbocycles. The molecule has 0 spiro atoms. The zero-order chi connectivity index (χ0) is 14.5. The molecular formula is C15H15NO3S. The number of aryl methyl sites for hydroxylation is 2. The van der Waals surface area contributed by atoms with Gasteiger partial charge in [-0.1, -0.05) is 12.1 Å². The van der Waals surface area contributed by atoms with Crippen molar-refractivity contribution in [2.24, 2.45) is 0 Å². The second kappa shape index (κ2) is 6.34. The Kier molecular flexibility index (Phi) is 4.53. The number of carbonyl (C=O) groups excluding carboxylic acids is 2. The minimum absolute atomic E-state index is 0.288. The summed E-state index contributed by atoms with van der Waals surface area (Å²) in [7, 11) is 0. The number of esters is 1. The molecule has 0 fully saturated rings. The highest BCUT2D eigenvalue weighted by Gasteiger charge is 2.13. The van der Waals surface area contributed by atoms with E-state index in [4.69, 9.17) is 4.74 Å². The Hall–Kier alpha value is -2.14. The largest absolute Gasteiger partial charge is 0.451 e. The highest BCUT2D eigenvalue weighted by atomic mass is 32.1. The first kappa shape index (κ1) is 14.3. The van der Waals surface area contributed by atoms with E-state index >= 15 is 0 Å². The summed E-state index contributed by atoms with van der Waals surface area (Å²) < 4.78 is 4.99. The summed E-state index contributed by atoms with van der Waals surface area (Å²) >= 11 is 1.31. The first-order valence-electron chi connectivity index (χ1n) is 6.14. The molecule has 1 N–H and O–H groups in total. The number of rotatable bonds is 4.